The molecule has 0 fully saturated rings. The summed E-state index contributed by atoms with van der Waals surface area (Å²) in [5.41, 5.74) is 1.37. The van der Waals surface area contributed by atoms with Crippen LogP contribution >= 0.6 is 0 Å². The molecule has 0 aliphatic rings. The molecule has 0 aliphatic heterocycles. The normalized spacial score (nSPS) is 12.0. The number of hydrogen-bond donors (Lipinski definition) is 1. The quantitative estimate of drug-likeness (QED) is 0.845. The van der Waals surface area contributed by atoms with Crippen molar-refractivity contribution in [2.24, 2.45) is 0 Å². The monoisotopic (exact) mass is 316 g/mol. The summed E-state index contributed by atoms with van der Waals surface area (Å²) in [6.07, 6.45) is 1.69. The van der Waals surface area contributed by atoms with Gasteiger partial charge in [0.1, 0.15) is 17.5 Å². The first-order valence-corrected chi connectivity index (χ1v) is 7.11. The van der Waals surface area contributed by atoms with Gasteiger partial charge in [0.05, 0.1) is 19.9 Å². The zero-order valence-corrected chi connectivity index (χ0v) is 13.4. The molecule has 122 valence electrons. The average molecular weight is 316 g/mol. The lowest BCUT2D eigenvalue weighted by Gasteiger charge is -2.26. The van der Waals surface area contributed by atoms with E-state index in [4.69, 9.17) is 9.47 Å². The van der Waals surface area contributed by atoms with E-state index in [0.29, 0.717) is 23.6 Å². The Bertz CT molecular complexity index is 661. The van der Waals surface area contributed by atoms with Gasteiger partial charge in [-0.3, -0.25) is 14.7 Å². The Morgan fingerprint density at radius 3 is 2.61 bits per heavy atom. The van der Waals surface area contributed by atoms with Crippen LogP contribution in [0, 0.1) is 0 Å². The molecule has 23 heavy (non-hydrogen) atoms. The smallest absolute Gasteiger partial charge is 0.325 e. The van der Waals surface area contributed by atoms with Gasteiger partial charge in [-0.25, -0.2) is 0 Å². The van der Waals surface area contributed by atoms with E-state index in [1.807, 2.05) is 18.2 Å². The van der Waals surface area contributed by atoms with Crippen LogP contribution in [0.15, 0.2) is 42.6 Å². The van der Waals surface area contributed by atoms with Gasteiger partial charge < -0.3 is 14.6 Å². The Hall–Kier alpha value is -2.60. The van der Waals surface area contributed by atoms with Gasteiger partial charge in [-0.15, -0.1) is 0 Å². The van der Waals surface area contributed by atoms with Gasteiger partial charge in [0, 0.05) is 24.4 Å². The van der Waals surface area contributed by atoms with E-state index in [-0.39, 0.29) is 0 Å². The first-order valence-electron chi connectivity index (χ1n) is 7.11. The molecule has 2 aromatic rings. The number of carboxylic acid groups (broad SMARTS) is 1. The van der Waals surface area contributed by atoms with Crippen LogP contribution in [0.1, 0.15) is 17.3 Å². The lowest BCUT2D eigenvalue weighted by Crippen LogP contribution is -2.31. The Morgan fingerprint density at radius 2 is 2.04 bits per heavy atom. The number of carboxylic acids is 1. The maximum atomic E-state index is 11.8. The summed E-state index contributed by atoms with van der Waals surface area (Å²) in [5, 5.41) is 9.67. The van der Waals surface area contributed by atoms with Crippen LogP contribution < -0.4 is 9.47 Å². The van der Waals surface area contributed by atoms with Crippen molar-refractivity contribution in [2.45, 2.75) is 12.6 Å². The molecule has 0 saturated carbocycles. The number of carbonyl (C=O) groups is 1. The lowest BCUT2D eigenvalue weighted by atomic mass is 10.0. The fraction of sp³-hybridized carbons (Fsp3) is 0.294. The number of methoxy groups -OCH3 is 2. The molecule has 1 aromatic heterocycles. The zero-order chi connectivity index (χ0) is 16.8. The standard InChI is InChI=1S/C17H20N2O4/c1-19(11-12-6-4-5-9-18-12)16(17(20)21)14-8-7-13(22-2)10-15(14)23-3/h4-10,16H,11H2,1-3H3,(H,20,21). The van der Waals surface area contributed by atoms with E-state index in [2.05, 4.69) is 4.98 Å². The second-order valence-electron chi connectivity index (χ2n) is 5.08. The number of nitrogens with zero attached hydrogens (tertiary/aromatic N) is 2. The first kappa shape index (κ1) is 16.8. The van der Waals surface area contributed by atoms with Crippen molar-refractivity contribution in [3.8, 4) is 11.5 Å². The number of hydrogen-bond acceptors (Lipinski definition) is 5. The van der Waals surface area contributed by atoms with Gasteiger partial charge in [0.2, 0.25) is 0 Å². The van der Waals surface area contributed by atoms with E-state index in [1.54, 1.807) is 43.5 Å². The highest BCUT2D eigenvalue weighted by atomic mass is 16.5. The number of pyridine rings is 1. The molecule has 0 spiro atoms. The molecule has 0 amide bonds. The van der Waals surface area contributed by atoms with Gasteiger partial charge >= 0.3 is 5.97 Å². The van der Waals surface area contributed by atoms with E-state index in [1.165, 1.54) is 7.11 Å². The predicted molar refractivity (Wildman–Crippen MR) is 85.6 cm³/mol. The molecule has 0 radical (unpaired) electrons. The number of aliphatic carboxylic acids is 1. The Balaban J connectivity index is 2.33. The third-order valence-electron chi connectivity index (χ3n) is 3.55. The van der Waals surface area contributed by atoms with Gasteiger partial charge in [-0.2, -0.15) is 0 Å². The topological polar surface area (TPSA) is 71.9 Å². The number of ether oxygens (including phenoxy) is 2. The molecule has 6 heteroatoms. The lowest BCUT2D eigenvalue weighted by molar-refractivity contribution is -0.143. The van der Waals surface area contributed by atoms with Gasteiger partial charge in [-0.05, 0) is 31.3 Å². The summed E-state index contributed by atoms with van der Waals surface area (Å²) in [6.45, 7) is 0.410. The summed E-state index contributed by atoms with van der Waals surface area (Å²) in [6, 6.07) is 9.83. The van der Waals surface area contributed by atoms with Crippen LogP contribution in [-0.4, -0.2) is 42.2 Å². The van der Waals surface area contributed by atoms with Crippen LogP contribution in [0.25, 0.3) is 0 Å². The molecular weight excluding hydrogens is 296 g/mol. The first-order chi connectivity index (χ1) is 11.1. The molecule has 0 saturated heterocycles. The Kier molecular flexibility index (Phi) is 5.54. The van der Waals surface area contributed by atoms with Crippen LogP contribution in [0.4, 0.5) is 0 Å². The number of benzene rings is 1. The maximum Gasteiger partial charge on any atom is 0.325 e. The van der Waals surface area contributed by atoms with Gasteiger partial charge in [0.25, 0.3) is 0 Å². The van der Waals surface area contributed by atoms with Crippen LogP contribution in [0.3, 0.4) is 0 Å². The summed E-state index contributed by atoms with van der Waals surface area (Å²) in [4.78, 5) is 17.8. The fourth-order valence-corrected chi connectivity index (χ4v) is 2.44. The Labute approximate surface area is 135 Å². The molecule has 1 heterocycles. The highest BCUT2D eigenvalue weighted by Crippen LogP contribution is 2.32. The summed E-state index contributed by atoms with van der Waals surface area (Å²) in [7, 11) is 4.81. The van der Waals surface area contributed by atoms with E-state index >= 15 is 0 Å². The highest BCUT2D eigenvalue weighted by molar-refractivity contribution is 5.77. The second kappa shape index (κ2) is 7.60. The second-order valence-corrected chi connectivity index (χ2v) is 5.08. The Morgan fingerprint density at radius 1 is 1.26 bits per heavy atom. The largest absolute Gasteiger partial charge is 0.497 e. The maximum absolute atomic E-state index is 11.8. The zero-order valence-electron chi connectivity index (χ0n) is 13.4. The molecule has 0 bridgehead atoms. The van der Waals surface area contributed by atoms with Crippen LogP contribution in [-0.2, 0) is 11.3 Å². The van der Waals surface area contributed by atoms with Crippen molar-refractivity contribution in [3.63, 3.8) is 0 Å². The van der Waals surface area contributed by atoms with Crippen LogP contribution in [0.2, 0.25) is 0 Å². The predicted octanol–water partition coefficient (Wildman–Crippen LogP) is 2.36. The minimum absolute atomic E-state index is 0.410. The van der Waals surface area contributed by atoms with E-state index in [0.717, 1.165) is 5.69 Å². The van der Waals surface area contributed by atoms with Crippen molar-refractivity contribution in [2.75, 3.05) is 21.3 Å². The molecule has 1 unspecified atom stereocenters. The highest BCUT2D eigenvalue weighted by Gasteiger charge is 2.28. The minimum Gasteiger partial charge on any atom is -0.497 e. The van der Waals surface area contributed by atoms with Crippen molar-refractivity contribution in [1.29, 1.82) is 0 Å². The third-order valence-corrected chi connectivity index (χ3v) is 3.55. The van der Waals surface area contributed by atoms with Crippen molar-refractivity contribution in [3.05, 3.63) is 53.9 Å². The van der Waals surface area contributed by atoms with Crippen molar-refractivity contribution >= 4 is 5.97 Å². The van der Waals surface area contributed by atoms with Gasteiger partial charge in [0.15, 0.2) is 0 Å². The third kappa shape index (κ3) is 3.98. The average Bonchev–Trinajstić information content (AvgIpc) is 2.55. The van der Waals surface area contributed by atoms with Crippen LogP contribution in [0.5, 0.6) is 11.5 Å². The molecule has 6 nitrogen and oxygen atoms in total. The molecular formula is C17H20N2O4. The number of rotatable bonds is 7. The van der Waals surface area contributed by atoms with E-state index in [9.17, 15) is 9.90 Å². The summed E-state index contributed by atoms with van der Waals surface area (Å²) >= 11 is 0. The number of aromatic nitrogens is 1. The molecule has 2 rings (SSSR count). The molecule has 1 aromatic carbocycles. The van der Waals surface area contributed by atoms with Gasteiger partial charge in [-0.1, -0.05) is 6.07 Å². The molecule has 1 atom stereocenters. The summed E-state index contributed by atoms with van der Waals surface area (Å²) in [5.74, 6) is 0.138. The number of likely N-dealkylation sites (N-methyl/N-ethyl adjacent to an activating group) is 1. The molecule has 0 aliphatic carbocycles. The minimum atomic E-state index is -0.952. The van der Waals surface area contributed by atoms with Crippen molar-refractivity contribution in [1.82, 2.24) is 9.88 Å². The summed E-state index contributed by atoms with van der Waals surface area (Å²) < 4.78 is 10.5. The van der Waals surface area contributed by atoms with Crippen molar-refractivity contribution < 1.29 is 19.4 Å². The molecule has 1 N–H and O–H groups in total. The fourth-order valence-electron chi connectivity index (χ4n) is 2.44. The van der Waals surface area contributed by atoms with E-state index < -0.39 is 12.0 Å². The SMILES string of the molecule is COc1ccc(C(C(=O)O)N(C)Cc2ccccn2)c(OC)c1.